The highest BCUT2D eigenvalue weighted by Gasteiger charge is 2.31. The van der Waals surface area contributed by atoms with Gasteiger partial charge in [0, 0.05) is 6.04 Å². The van der Waals surface area contributed by atoms with Crippen molar-refractivity contribution >= 4 is 11.6 Å². The first kappa shape index (κ1) is 15.7. The molecule has 1 aliphatic carbocycles. The molecule has 1 unspecified atom stereocenters. The second-order valence-corrected chi connectivity index (χ2v) is 7.13. The lowest BCUT2D eigenvalue weighted by Gasteiger charge is -2.37. The largest absolute Gasteiger partial charge is 0.271 e. The molecule has 3 N–H and O–H groups in total. The number of nitrogens with two attached hydrogens (primary N) is 1. The van der Waals surface area contributed by atoms with E-state index in [4.69, 9.17) is 17.4 Å². The minimum absolute atomic E-state index is 0.183. The van der Waals surface area contributed by atoms with E-state index in [-0.39, 0.29) is 16.9 Å². The van der Waals surface area contributed by atoms with Gasteiger partial charge in [-0.3, -0.25) is 11.3 Å². The maximum absolute atomic E-state index is 13.2. The zero-order valence-electron chi connectivity index (χ0n) is 12.3. The first-order chi connectivity index (χ1) is 9.41. The van der Waals surface area contributed by atoms with Crippen LogP contribution < -0.4 is 11.3 Å². The number of hydrazine groups is 1. The fourth-order valence-corrected chi connectivity index (χ4v) is 3.31. The first-order valence-corrected chi connectivity index (χ1v) is 7.69. The van der Waals surface area contributed by atoms with E-state index >= 15 is 0 Å². The van der Waals surface area contributed by atoms with Crippen LogP contribution >= 0.6 is 11.6 Å². The fraction of sp³-hybridized carbons (Fsp3) is 0.625. The Morgan fingerprint density at radius 3 is 2.60 bits per heavy atom. The highest BCUT2D eigenvalue weighted by Crippen LogP contribution is 2.39. The molecule has 0 heterocycles. The summed E-state index contributed by atoms with van der Waals surface area (Å²) in [6, 6.07) is 5.15. The molecule has 1 aromatic carbocycles. The molecule has 1 saturated carbocycles. The van der Waals surface area contributed by atoms with E-state index in [9.17, 15) is 4.39 Å². The van der Waals surface area contributed by atoms with E-state index in [1.165, 1.54) is 31.7 Å². The van der Waals surface area contributed by atoms with Gasteiger partial charge in [0.2, 0.25) is 0 Å². The molecule has 20 heavy (non-hydrogen) atoms. The van der Waals surface area contributed by atoms with Gasteiger partial charge < -0.3 is 0 Å². The van der Waals surface area contributed by atoms with Crippen molar-refractivity contribution in [3.05, 3.63) is 34.6 Å². The molecule has 112 valence electrons. The summed E-state index contributed by atoms with van der Waals surface area (Å²) >= 11 is 5.84. The van der Waals surface area contributed by atoms with Crippen LogP contribution in [0.1, 0.15) is 45.1 Å². The number of halogens is 2. The Kier molecular flexibility index (Phi) is 5.05. The Hall–Kier alpha value is -0.640. The van der Waals surface area contributed by atoms with Gasteiger partial charge in [-0.1, -0.05) is 31.5 Å². The van der Waals surface area contributed by atoms with Gasteiger partial charge >= 0.3 is 0 Å². The van der Waals surface area contributed by atoms with Crippen molar-refractivity contribution in [2.24, 2.45) is 17.2 Å². The van der Waals surface area contributed by atoms with Crippen LogP contribution in [-0.4, -0.2) is 6.04 Å². The van der Waals surface area contributed by atoms with Crippen molar-refractivity contribution in [2.75, 3.05) is 0 Å². The highest BCUT2D eigenvalue weighted by molar-refractivity contribution is 6.30. The van der Waals surface area contributed by atoms with Gasteiger partial charge in [-0.2, -0.15) is 0 Å². The predicted octanol–water partition coefficient (Wildman–Crippen LogP) is 4.07. The lowest BCUT2D eigenvalue weighted by atomic mass is 9.70. The average molecular weight is 299 g/mol. The quantitative estimate of drug-likeness (QED) is 0.649. The lowest BCUT2D eigenvalue weighted by Crippen LogP contribution is -2.44. The van der Waals surface area contributed by atoms with Crippen molar-refractivity contribution in [1.29, 1.82) is 0 Å². The van der Waals surface area contributed by atoms with Crippen LogP contribution in [0.5, 0.6) is 0 Å². The molecule has 0 aliphatic heterocycles. The Bertz CT molecular complexity index is 452. The number of benzene rings is 1. The summed E-state index contributed by atoms with van der Waals surface area (Å²) in [6.45, 7) is 4.65. The summed E-state index contributed by atoms with van der Waals surface area (Å²) in [5.41, 5.74) is 4.43. The fourth-order valence-electron chi connectivity index (χ4n) is 3.11. The molecule has 2 nitrogen and oxygen atoms in total. The van der Waals surface area contributed by atoms with Crippen LogP contribution in [0, 0.1) is 17.2 Å². The van der Waals surface area contributed by atoms with Crippen LogP contribution in [-0.2, 0) is 6.42 Å². The molecule has 2 rings (SSSR count). The van der Waals surface area contributed by atoms with Crippen LogP contribution in [0.25, 0.3) is 0 Å². The average Bonchev–Trinajstić information content (AvgIpc) is 2.40. The van der Waals surface area contributed by atoms with E-state index in [1.807, 2.05) is 0 Å². The number of hydrogen-bond donors (Lipinski definition) is 2. The molecule has 0 radical (unpaired) electrons. The Balaban J connectivity index is 2.00. The molecular formula is C16H24ClFN2. The lowest BCUT2D eigenvalue weighted by molar-refractivity contribution is 0.161. The maximum atomic E-state index is 13.2. The third kappa shape index (κ3) is 3.94. The minimum Gasteiger partial charge on any atom is -0.271 e. The molecule has 4 heteroatoms. The van der Waals surface area contributed by atoms with E-state index in [1.54, 1.807) is 12.1 Å². The third-order valence-electron chi connectivity index (χ3n) is 4.61. The Morgan fingerprint density at radius 2 is 2.05 bits per heavy atom. The summed E-state index contributed by atoms with van der Waals surface area (Å²) in [5, 5.41) is 0.183. The van der Waals surface area contributed by atoms with Crippen molar-refractivity contribution in [3.63, 3.8) is 0 Å². The molecule has 1 fully saturated rings. The molecule has 1 aromatic rings. The molecule has 0 aromatic heterocycles. The first-order valence-electron chi connectivity index (χ1n) is 7.31. The maximum Gasteiger partial charge on any atom is 0.141 e. The van der Waals surface area contributed by atoms with Gasteiger partial charge in [0.25, 0.3) is 0 Å². The van der Waals surface area contributed by atoms with Crippen molar-refractivity contribution in [2.45, 2.75) is 52.0 Å². The minimum atomic E-state index is -0.368. The second kappa shape index (κ2) is 6.42. The van der Waals surface area contributed by atoms with E-state index in [2.05, 4.69) is 19.3 Å². The highest BCUT2D eigenvalue weighted by atomic mass is 35.5. The Labute approximate surface area is 125 Å². The molecule has 1 atom stereocenters. The van der Waals surface area contributed by atoms with Gasteiger partial charge in [0.1, 0.15) is 5.82 Å². The van der Waals surface area contributed by atoms with Gasteiger partial charge in [0.05, 0.1) is 5.02 Å². The van der Waals surface area contributed by atoms with Gasteiger partial charge in [0.15, 0.2) is 0 Å². The van der Waals surface area contributed by atoms with Gasteiger partial charge in [-0.25, -0.2) is 4.39 Å². The van der Waals surface area contributed by atoms with E-state index in [0.717, 1.165) is 12.0 Å². The van der Waals surface area contributed by atoms with Gasteiger partial charge in [-0.15, -0.1) is 0 Å². The van der Waals surface area contributed by atoms with Crippen LogP contribution in [0.3, 0.4) is 0 Å². The standard InChI is InChI=1S/C16H24ClFN2/c1-16(2)7-5-12(6-8-16)15(20-19)10-11-3-4-14(18)13(17)9-11/h3-4,9,12,15,20H,5-8,10,19H2,1-2H3. The summed E-state index contributed by atoms with van der Waals surface area (Å²) in [6.07, 6.45) is 5.65. The second-order valence-electron chi connectivity index (χ2n) is 6.73. The monoisotopic (exact) mass is 298 g/mol. The van der Waals surface area contributed by atoms with Crippen molar-refractivity contribution < 1.29 is 4.39 Å². The smallest absolute Gasteiger partial charge is 0.141 e. The molecule has 0 amide bonds. The molecule has 0 saturated heterocycles. The molecular weight excluding hydrogens is 275 g/mol. The zero-order valence-corrected chi connectivity index (χ0v) is 13.0. The molecule has 0 spiro atoms. The SMILES string of the molecule is CC1(C)CCC(C(Cc2ccc(F)c(Cl)c2)NN)CC1. The van der Waals surface area contributed by atoms with Crippen LogP contribution in [0.2, 0.25) is 5.02 Å². The number of hydrogen-bond acceptors (Lipinski definition) is 2. The van der Waals surface area contributed by atoms with Crippen molar-refractivity contribution in [1.82, 2.24) is 5.43 Å². The number of nitrogens with one attached hydrogen (secondary N) is 1. The normalized spacial score (nSPS) is 20.9. The number of rotatable bonds is 4. The van der Waals surface area contributed by atoms with Gasteiger partial charge in [-0.05, 0) is 61.1 Å². The molecule has 1 aliphatic rings. The summed E-state index contributed by atoms with van der Waals surface area (Å²) in [4.78, 5) is 0. The van der Waals surface area contributed by atoms with Crippen molar-refractivity contribution in [3.8, 4) is 0 Å². The summed E-state index contributed by atoms with van der Waals surface area (Å²) < 4.78 is 13.2. The van der Waals surface area contributed by atoms with E-state index in [0.29, 0.717) is 11.3 Å². The molecule has 0 bridgehead atoms. The van der Waals surface area contributed by atoms with E-state index < -0.39 is 0 Å². The third-order valence-corrected chi connectivity index (χ3v) is 4.90. The predicted molar refractivity (Wildman–Crippen MR) is 82.0 cm³/mol. The summed E-state index contributed by atoms with van der Waals surface area (Å²) in [7, 11) is 0. The zero-order chi connectivity index (χ0) is 14.8. The summed E-state index contributed by atoms with van der Waals surface area (Å²) in [5.74, 6) is 5.94. The topological polar surface area (TPSA) is 38.0 Å². The van der Waals surface area contributed by atoms with Crippen LogP contribution in [0.15, 0.2) is 18.2 Å². The van der Waals surface area contributed by atoms with Crippen LogP contribution in [0.4, 0.5) is 4.39 Å². The Morgan fingerprint density at radius 1 is 1.40 bits per heavy atom.